The molecule has 0 spiro atoms. The first kappa shape index (κ1) is 15.0. The first-order valence-corrected chi connectivity index (χ1v) is 6.99. The summed E-state index contributed by atoms with van der Waals surface area (Å²) < 4.78 is 5.96. The number of hydrogen-bond donors (Lipinski definition) is 0. The number of rotatable bonds is 4. The molecule has 0 aliphatic heterocycles. The van der Waals surface area contributed by atoms with E-state index in [1.165, 1.54) is 0 Å². The lowest BCUT2D eigenvalue weighted by Gasteiger charge is -2.02. The van der Waals surface area contributed by atoms with Gasteiger partial charge in [-0.15, -0.1) is 0 Å². The smallest absolute Gasteiger partial charge is 0.203 e. The lowest BCUT2D eigenvalue weighted by molar-refractivity contribution is 0.104. The standard InChI is InChI=1S/C17H12BrNO2/c1-21-16-8-2-12(3-9-16)10-14(11-19)17(20)13-4-6-15(18)7-5-13/h2-10H,1H3/b14-10-. The summed E-state index contributed by atoms with van der Waals surface area (Å²) in [6, 6.07) is 16.0. The summed E-state index contributed by atoms with van der Waals surface area (Å²) in [5.41, 5.74) is 1.36. The van der Waals surface area contributed by atoms with Crippen molar-refractivity contribution in [3.05, 3.63) is 69.7 Å². The van der Waals surface area contributed by atoms with Crippen molar-refractivity contribution in [2.24, 2.45) is 0 Å². The largest absolute Gasteiger partial charge is 0.497 e. The molecule has 0 unspecified atom stereocenters. The zero-order valence-electron chi connectivity index (χ0n) is 11.3. The van der Waals surface area contributed by atoms with Gasteiger partial charge in [-0.05, 0) is 48.0 Å². The fraction of sp³-hybridized carbons (Fsp3) is 0.0588. The van der Waals surface area contributed by atoms with Crippen LogP contribution in [-0.2, 0) is 0 Å². The van der Waals surface area contributed by atoms with Crippen LogP contribution in [0.1, 0.15) is 15.9 Å². The number of hydrogen-bond acceptors (Lipinski definition) is 3. The normalized spacial score (nSPS) is 10.8. The fourth-order valence-corrected chi connectivity index (χ4v) is 2.04. The minimum absolute atomic E-state index is 0.0995. The van der Waals surface area contributed by atoms with Crippen LogP contribution < -0.4 is 4.74 Å². The maximum Gasteiger partial charge on any atom is 0.203 e. The maximum absolute atomic E-state index is 12.3. The van der Waals surface area contributed by atoms with Crippen LogP contribution in [-0.4, -0.2) is 12.9 Å². The van der Waals surface area contributed by atoms with Gasteiger partial charge in [-0.25, -0.2) is 0 Å². The molecule has 21 heavy (non-hydrogen) atoms. The summed E-state index contributed by atoms with van der Waals surface area (Å²) in [4.78, 5) is 12.3. The molecular weight excluding hydrogens is 330 g/mol. The average Bonchev–Trinajstić information content (AvgIpc) is 2.53. The van der Waals surface area contributed by atoms with E-state index in [9.17, 15) is 10.1 Å². The number of methoxy groups -OCH3 is 1. The van der Waals surface area contributed by atoms with E-state index in [1.54, 1.807) is 61.7 Å². The Balaban J connectivity index is 2.29. The van der Waals surface area contributed by atoms with Crippen LogP contribution in [0.15, 0.2) is 58.6 Å². The van der Waals surface area contributed by atoms with E-state index in [0.717, 1.165) is 15.8 Å². The summed E-state index contributed by atoms with van der Waals surface area (Å²) >= 11 is 3.31. The van der Waals surface area contributed by atoms with Gasteiger partial charge in [0.15, 0.2) is 0 Å². The second-order valence-electron chi connectivity index (χ2n) is 4.28. The van der Waals surface area contributed by atoms with Crippen molar-refractivity contribution in [3.63, 3.8) is 0 Å². The van der Waals surface area contributed by atoms with Crippen LogP contribution in [0.3, 0.4) is 0 Å². The highest BCUT2D eigenvalue weighted by Crippen LogP contribution is 2.17. The highest BCUT2D eigenvalue weighted by atomic mass is 79.9. The second-order valence-corrected chi connectivity index (χ2v) is 5.19. The molecule has 0 N–H and O–H groups in total. The fourth-order valence-electron chi connectivity index (χ4n) is 1.77. The summed E-state index contributed by atoms with van der Waals surface area (Å²) in [5, 5.41) is 9.20. The van der Waals surface area contributed by atoms with Gasteiger partial charge in [0.25, 0.3) is 0 Å². The Morgan fingerprint density at radius 2 is 1.76 bits per heavy atom. The SMILES string of the molecule is COc1ccc(/C=C(/C#N)C(=O)c2ccc(Br)cc2)cc1. The molecular formula is C17H12BrNO2. The number of benzene rings is 2. The number of nitrogens with zero attached hydrogens (tertiary/aromatic N) is 1. The number of allylic oxidation sites excluding steroid dienone is 1. The summed E-state index contributed by atoms with van der Waals surface area (Å²) in [6.45, 7) is 0. The lowest BCUT2D eigenvalue weighted by atomic mass is 10.0. The van der Waals surface area contributed by atoms with Gasteiger partial charge in [-0.3, -0.25) is 4.79 Å². The van der Waals surface area contributed by atoms with Crippen molar-refractivity contribution in [1.82, 2.24) is 0 Å². The molecule has 0 aliphatic carbocycles. The Kier molecular flexibility index (Phi) is 4.91. The van der Waals surface area contributed by atoms with E-state index < -0.39 is 0 Å². The quantitative estimate of drug-likeness (QED) is 0.474. The summed E-state index contributed by atoms with van der Waals surface area (Å²) in [7, 11) is 1.59. The van der Waals surface area contributed by atoms with Gasteiger partial charge in [0.1, 0.15) is 17.4 Å². The molecule has 3 nitrogen and oxygen atoms in total. The monoisotopic (exact) mass is 341 g/mol. The molecule has 4 heteroatoms. The van der Waals surface area contributed by atoms with Crippen LogP contribution in [0, 0.1) is 11.3 Å². The Labute approximate surface area is 131 Å². The van der Waals surface area contributed by atoms with Crippen molar-refractivity contribution >= 4 is 27.8 Å². The Bertz CT molecular complexity index is 710. The molecule has 0 atom stereocenters. The van der Waals surface area contributed by atoms with Gasteiger partial charge in [-0.2, -0.15) is 5.26 Å². The molecule has 0 bridgehead atoms. The van der Waals surface area contributed by atoms with E-state index in [4.69, 9.17) is 4.74 Å². The van der Waals surface area contributed by atoms with Gasteiger partial charge in [0.2, 0.25) is 5.78 Å². The van der Waals surface area contributed by atoms with Gasteiger partial charge in [0, 0.05) is 10.0 Å². The molecule has 0 aliphatic rings. The van der Waals surface area contributed by atoms with Crippen LogP contribution >= 0.6 is 15.9 Å². The highest BCUT2D eigenvalue weighted by molar-refractivity contribution is 9.10. The Hall–Kier alpha value is -2.38. The molecule has 2 aromatic rings. The van der Waals surface area contributed by atoms with E-state index in [-0.39, 0.29) is 11.4 Å². The molecule has 2 aromatic carbocycles. The van der Waals surface area contributed by atoms with E-state index in [0.29, 0.717) is 5.56 Å². The number of halogens is 1. The number of carbonyl (C=O) groups is 1. The van der Waals surface area contributed by atoms with Crippen LogP contribution in [0.5, 0.6) is 5.75 Å². The van der Waals surface area contributed by atoms with Crippen molar-refractivity contribution in [2.75, 3.05) is 7.11 Å². The topological polar surface area (TPSA) is 50.1 Å². The Morgan fingerprint density at radius 1 is 1.14 bits per heavy atom. The number of ether oxygens (including phenoxy) is 1. The molecule has 0 heterocycles. The third kappa shape index (κ3) is 3.80. The average molecular weight is 342 g/mol. The first-order chi connectivity index (χ1) is 10.1. The van der Waals surface area contributed by atoms with Crippen molar-refractivity contribution in [1.29, 1.82) is 5.26 Å². The van der Waals surface area contributed by atoms with Crippen molar-refractivity contribution < 1.29 is 9.53 Å². The minimum atomic E-state index is -0.291. The zero-order chi connectivity index (χ0) is 15.2. The van der Waals surface area contributed by atoms with Crippen molar-refractivity contribution in [2.45, 2.75) is 0 Å². The summed E-state index contributed by atoms with van der Waals surface area (Å²) in [6.07, 6.45) is 1.57. The highest BCUT2D eigenvalue weighted by Gasteiger charge is 2.11. The molecule has 0 radical (unpaired) electrons. The molecule has 0 fully saturated rings. The molecule has 0 saturated carbocycles. The second kappa shape index (κ2) is 6.87. The van der Waals surface area contributed by atoms with Crippen LogP contribution in [0.25, 0.3) is 6.08 Å². The van der Waals surface area contributed by atoms with Gasteiger partial charge >= 0.3 is 0 Å². The van der Waals surface area contributed by atoms with E-state index >= 15 is 0 Å². The molecule has 0 amide bonds. The number of carbonyl (C=O) groups excluding carboxylic acids is 1. The van der Waals surface area contributed by atoms with Gasteiger partial charge in [-0.1, -0.05) is 28.1 Å². The third-order valence-corrected chi connectivity index (χ3v) is 3.43. The van der Waals surface area contributed by atoms with Crippen LogP contribution in [0.4, 0.5) is 0 Å². The predicted octanol–water partition coefficient (Wildman–Crippen LogP) is 4.25. The third-order valence-electron chi connectivity index (χ3n) is 2.90. The maximum atomic E-state index is 12.3. The molecule has 104 valence electrons. The predicted molar refractivity (Wildman–Crippen MR) is 85.1 cm³/mol. The molecule has 0 saturated heterocycles. The van der Waals surface area contributed by atoms with Crippen LogP contribution in [0.2, 0.25) is 0 Å². The summed E-state index contributed by atoms with van der Waals surface area (Å²) in [5.74, 6) is 0.436. The van der Waals surface area contributed by atoms with Crippen molar-refractivity contribution in [3.8, 4) is 11.8 Å². The Morgan fingerprint density at radius 3 is 2.29 bits per heavy atom. The molecule has 2 rings (SSSR count). The number of ketones is 1. The minimum Gasteiger partial charge on any atom is -0.497 e. The lowest BCUT2D eigenvalue weighted by Crippen LogP contribution is -2.01. The molecule has 0 aromatic heterocycles. The first-order valence-electron chi connectivity index (χ1n) is 6.20. The van der Waals surface area contributed by atoms with E-state index in [2.05, 4.69) is 15.9 Å². The number of Topliss-reactive ketones (excluding diaryl/α,β-unsaturated/α-hetero) is 1. The number of nitriles is 1. The van der Waals surface area contributed by atoms with Gasteiger partial charge < -0.3 is 4.74 Å². The van der Waals surface area contributed by atoms with Gasteiger partial charge in [0.05, 0.1) is 7.11 Å². The van der Waals surface area contributed by atoms with E-state index in [1.807, 2.05) is 6.07 Å². The zero-order valence-corrected chi connectivity index (χ0v) is 12.9.